The smallest absolute Gasteiger partial charge is 0.218 e. The molecule has 1 rings (SSSR count). The summed E-state index contributed by atoms with van der Waals surface area (Å²) in [6.45, 7) is 1.61. The third-order valence-corrected chi connectivity index (χ3v) is 1.23. The molecule has 11 heavy (non-hydrogen) atoms. The first-order valence-corrected chi connectivity index (χ1v) is 3.26. The van der Waals surface area contributed by atoms with E-state index in [2.05, 4.69) is 10.1 Å². The molecule has 5 nitrogen and oxygen atoms in total. The summed E-state index contributed by atoms with van der Waals surface area (Å²) in [4.78, 5) is 14.9. The molecule has 0 fully saturated rings. The van der Waals surface area contributed by atoms with Crippen LogP contribution in [0, 0.1) is 0 Å². The quantitative estimate of drug-likeness (QED) is 0.574. The molecule has 60 valence electrons. The predicted octanol–water partition coefficient (Wildman–Crippen LogP) is -0.655. The van der Waals surface area contributed by atoms with Crippen LogP contribution < -0.4 is 5.73 Å². The summed E-state index contributed by atoms with van der Waals surface area (Å²) < 4.78 is 1.47. The summed E-state index contributed by atoms with van der Waals surface area (Å²) in [5.74, 6) is -0.0481. The minimum absolute atomic E-state index is 0.183. The van der Waals surface area contributed by atoms with Crippen molar-refractivity contribution in [3.8, 4) is 0 Å². The Morgan fingerprint density at radius 1 is 1.82 bits per heavy atom. The standard InChI is InChI=1S/C6H10N4O/c1-4(7)5(11)6-8-3-10(2)9-6/h3-4H,7H2,1-2H3/t4-/m1/s1. The zero-order valence-corrected chi connectivity index (χ0v) is 6.48. The van der Waals surface area contributed by atoms with Crippen LogP contribution in [0.4, 0.5) is 0 Å². The number of aromatic nitrogens is 3. The summed E-state index contributed by atoms with van der Waals surface area (Å²) in [7, 11) is 1.70. The topological polar surface area (TPSA) is 73.8 Å². The van der Waals surface area contributed by atoms with E-state index in [4.69, 9.17) is 5.73 Å². The van der Waals surface area contributed by atoms with Gasteiger partial charge in [-0.15, -0.1) is 5.10 Å². The minimum atomic E-state index is -0.530. The number of ketones is 1. The van der Waals surface area contributed by atoms with Gasteiger partial charge in [-0.25, -0.2) is 4.98 Å². The summed E-state index contributed by atoms with van der Waals surface area (Å²) in [5, 5.41) is 3.81. The first-order chi connectivity index (χ1) is 5.11. The fourth-order valence-electron chi connectivity index (χ4n) is 0.656. The molecule has 5 heteroatoms. The Labute approximate surface area is 64.2 Å². The van der Waals surface area contributed by atoms with Crippen molar-refractivity contribution in [2.45, 2.75) is 13.0 Å². The van der Waals surface area contributed by atoms with E-state index in [1.54, 1.807) is 14.0 Å². The second kappa shape index (κ2) is 2.79. The zero-order valence-electron chi connectivity index (χ0n) is 6.48. The van der Waals surface area contributed by atoms with Crippen LogP contribution in [0.1, 0.15) is 17.5 Å². The van der Waals surface area contributed by atoms with E-state index < -0.39 is 6.04 Å². The first kappa shape index (κ1) is 7.87. The van der Waals surface area contributed by atoms with Crippen LogP contribution in [0.5, 0.6) is 0 Å². The molecule has 0 unspecified atom stereocenters. The Hall–Kier alpha value is -1.23. The molecule has 0 saturated heterocycles. The van der Waals surface area contributed by atoms with E-state index in [1.165, 1.54) is 11.0 Å². The highest BCUT2D eigenvalue weighted by molar-refractivity contribution is 5.96. The van der Waals surface area contributed by atoms with Crippen LogP contribution in [0.2, 0.25) is 0 Å². The van der Waals surface area contributed by atoms with Crippen LogP contribution in [-0.4, -0.2) is 26.6 Å². The molecule has 0 aliphatic carbocycles. The van der Waals surface area contributed by atoms with Crippen LogP contribution in [0.3, 0.4) is 0 Å². The second-order valence-corrected chi connectivity index (χ2v) is 2.39. The van der Waals surface area contributed by atoms with Gasteiger partial charge < -0.3 is 5.73 Å². The third kappa shape index (κ3) is 1.62. The summed E-state index contributed by atoms with van der Waals surface area (Å²) in [6.07, 6.45) is 1.47. The Bertz CT molecular complexity index is 265. The maximum Gasteiger partial charge on any atom is 0.218 e. The van der Waals surface area contributed by atoms with Crippen molar-refractivity contribution in [2.75, 3.05) is 0 Å². The summed E-state index contributed by atoms with van der Waals surface area (Å²) >= 11 is 0. The first-order valence-electron chi connectivity index (χ1n) is 3.26. The Morgan fingerprint density at radius 2 is 2.45 bits per heavy atom. The van der Waals surface area contributed by atoms with Crippen molar-refractivity contribution in [1.29, 1.82) is 0 Å². The molecule has 0 aliphatic rings. The van der Waals surface area contributed by atoms with Crippen molar-refractivity contribution in [3.63, 3.8) is 0 Å². The SMILES string of the molecule is C[C@@H](N)C(=O)c1ncn(C)n1. The van der Waals surface area contributed by atoms with Crippen molar-refractivity contribution < 1.29 is 4.79 Å². The highest BCUT2D eigenvalue weighted by Crippen LogP contribution is 1.92. The fourth-order valence-corrected chi connectivity index (χ4v) is 0.656. The van der Waals surface area contributed by atoms with E-state index in [0.29, 0.717) is 0 Å². The van der Waals surface area contributed by atoms with E-state index in [0.717, 1.165) is 0 Å². The zero-order chi connectivity index (χ0) is 8.43. The molecular formula is C6H10N4O. The van der Waals surface area contributed by atoms with Gasteiger partial charge in [0.2, 0.25) is 11.6 Å². The molecule has 0 bridgehead atoms. The lowest BCUT2D eigenvalue weighted by Crippen LogP contribution is -2.27. The summed E-state index contributed by atoms with van der Waals surface area (Å²) in [6, 6.07) is -0.530. The van der Waals surface area contributed by atoms with Gasteiger partial charge in [-0.1, -0.05) is 0 Å². The number of hydrogen-bond acceptors (Lipinski definition) is 4. The van der Waals surface area contributed by atoms with Gasteiger partial charge in [0.15, 0.2) is 0 Å². The highest BCUT2D eigenvalue weighted by Gasteiger charge is 2.14. The van der Waals surface area contributed by atoms with Gasteiger partial charge in [0.05, 0.1) is 6.04 Å². The number of hydrogen-bond donors (Lipinski definition) is 1. The predicted molar refractivity (Wildman–Crippen MR) is 39.0 cm³/mol. The molecule has 2 N–H and O–H groups in total. The number of aryl methyl sites for hydroxylation is 1. The number of nitrogens with zero attached hydrogens (tertiary/aromatic N) is 3. The van der Waals surface area contributed by atoms with Gasteiger partial charge in [-0.05, 0) is 6.92 Å². The molecular weight excluding hydrogens is 144 g/mol. The van der Waals surface area contributed by atoms with Gasteiger partial charge in [0.1, 0.15) is 6.33 Å². The molecule has 0 saturated carbocycles. The summed E-state index contributed by atoms with van der Waals surface area (Å²) in [5.41, 5.74) is 5.34. The fraction of sp³-hybridized carbons (Fsp3) is 0.500. The molecule has 0 spiro atoms. The monoisotopic (exact) mass is 154 g/mol. The average molecular weight is 154 g/mol. The van der Waals surface area contributed by atoms with Crippen molar-refractivity contribution in [2.24, 2.45) is 12.8 Å². The molecule has 0 amide bonds. The van der Waals surface area contributed by atoms with Crippen molar-refractivity contribution in [3.05, 3.63) is 12.2 Å². The lowest BCUT2D eigenvalue weighted by Gasteiger charge is -1.96. The lowest BCUT2D eigenvalue weighted by atomic mass is 10.2. The Morgan fingerprint density at radius 3 is 2.82 bits per heavy atom. The Kier molecular flexibility index (Phi) is 2.00. The maximum absolute atomic E-state index is 11.1. The number of carbonyl (C=O) groups is 1. The molecule has 0 aromatic carbocycles. The van der Waals surface area contributed by atoms with Gasteiger partial charge >= 0.3 is 0 Å². The molecule has 1 aromatic heterocycles. The van der Waals surface area contributed by atoms with Gasteiger partial charge in [0.25, 0.3) is 0 Å². The minimum Gasteiger partial charge on any atom is -0.321 e. The number of carbonyl (C=O) groups excluding carboxylic acids is 1. The van der Waals surface area contributed by atoms with E-state index in [1.807, 2.05) is 0 Å². The highest BCUT2D eigenvalue weighted by atomic mass is 16.1. The molecule has 1 heterocycles. The van der Waals surface area contributed by atoms with Crippen molar-refractivity contribution in [1.82, 2.24) is 14.8 Å². The molecule has 0 radical (unpaired) electrons. The second-order valence-electron chi connectivity index (χ2n) is 2.39. The van der Waals surface area contributed by atoms with Crippen LogP contribution in [0.25, 0.3) is 0 Å². The van der Waals surface area contributed by atoms with Gasteiger partial charge in [-0.2, -0.15) is 0 Å². The molecule has 0 aliphatic heterocycles. The van der Waals surface area contributed by atoms with Gasteiger partial charge in [-0.3, -0.25) is 9.48 Å². The Balaban J connectivity index is 2.85. The molecule has 1 atom stereocenters. The van der Waals surface area contributed by atoms with E-state index >= 15 is 0 Å². The molecule has 1 aromatic rings. The average Bonchev–Trinajstić information content (AvgIpc) is 2.34. The normalized spacial score (nSPS) is 13.0. The maximum atomic E-state index is 11.1. The van der Waals surface area contributed by atoms with Crippen LogP contribution >= 0.6 is 0 Å². The van der Waals surface area contributed by atoms with E-state index in [-0.39, 0.29) is 11.6 Å². The number of rotatable bonds is 2. The lowest BCUT2D eigenvalue weighted by molar-refractivity contribution is 0.0957. The largest absolute Gasteiger partial charge is 0.321 e. The van der Waals surface area contributed by atoms with Crippen LogP contribution in [-0.2, 0) is 7.05 Å². The van der Waals surface area contributed by atoms with E-state index in [9.17, 15) is 4.79 Å². The van der Waals surface area contributed by atoms with Crippen molar-refractivity contribution >= 4 is 5.78 Å². The van der Waals surface area contributed by atoms with Crippen LogP contribution in [0.15, 0.2) is 6.33 Å². The third-order valence-electron chi connectivity index (χ3n) is 1.23. The number of nitrogens with two attached hydrogens (primary N) is 1. The van der Waals surface area contributed by atoms with Gasteiger partial charge in [0, 0.05) is 7.05 Å². The number of Topliss-reactive ketones (excluding diaryl/α,β-unsaturated/α-hetero) is 1.